The Labute approximate surface area is 170 Å². The Kier molecular flexibility index (Phi) is 5.41. The molecule has 3 aromatic rings. The standard InChI is InChI=1S/C18H16ClIN2O3S/c1-3-26(24,25)17-5-4-13(19)7-12(17)9-22-10-21-16-6-11(2)15(20)8-14(16)18(22)23/h4-8,10H,3,9H2,1-2H3. The molecular weight excluding hydrogens is 487 g/mol. The molecule has 26 heavy (non-hydrogen) atoms. The first-order chi connectivity index (χ1) is 12.2. The highest BCUT2D eigenvalue weighted by molar-refractivity contribution is 14.1. The van der Waals surface area contributed by atoms with Crippen LogP contribution in [0.15, 0.2) is 46.3 Å². The summed E-state index contributed by atoms with van der Waals surface area (Å²) in [4.78, 5) is 17.4. The van der Waals surface area contributed by atoms with Gasteiger partial charge in [-0.1, -0.05) is 18.5 Å². The Morgan fingerprint density at radius 2 is 1.96 bits per heavy atom. The molecule has 0 fully saturated rings. The predicted molar refractivity (Wildman–Crippen MR) is 112 cm³/mol. The predicted octanol–water partition coefficient (Wildman–Crippen LogP) is 3.80. The van der Waals surface area contributed by atoms with Gasteiger partial charge >= 0.3 is 0 Å². The lowest BCUT2D eigenvalue weighted by atomic mass is 10.1. The van der Waals surface area contributed by atoms with Crippen LogP contribution in [-0.4, -0.2) is 23.7 Å². The molecule has 0 saturated heterocycles. The minimum Gasteiger partial charge on any atom is -0.294 e. The lowest BCUT2D eigenvalue weighted by molar-refractivity contribution is 0.595. The zero-order valence-electron chi connectivity index (χ0n) is 14.2. The minimum atomic E-state index is -3.43. The summed E-state index contributed by atoms with van der Waals surface area (Å²) >= 11 is 8.23. The van der Waals surface area contributed by atoms with Crippen LogP contribution in [0.3, 0.4) is 0 Å². The first-order valence-corrected chi connectivity index (χ1v) is 11.0. The molecule has 0 aliphatic heterocycles. The highest BCUT2D eigenvalue weighted by Crippen LogP contribution is 2.23. The molecule has 0 spiro atoms. The molecule has 5 nitrogen and oxygen atoms in total. The molecule has 0 bridgehead atoms. The van der Waals surface area contributed by atoms with Gasteiger partial charge < -0.3 is 0 Å². The second-order valence-corrected chi connectivity index (χ2v) is 9.80. The normalized spacial score (nSPS) is 11.8. The molecule has 1 heterocycles. The van der Waals surface area contributed by atoms with Gasteiger partial charge in [0.1, 0.15) is 0 Å². The van der Waals surface area contributed by atoms with Crippen LogP contribution in [0, 0.1) is 10.5 Å². The third kappa shape index (κ3) is 3.65. The highest BCUT2D eigenvalue weighted by Gasteiger charge is 2.18. The Balaban J connectivity index is 2.16. The monoisotopic (exact) mass is 502 g/mol. The number of hydrogen-bond acceptors (Lipinski definition) is 4. The fourth-order valence-electron chi connectivity index (χ4n) is 2.71. The lowest BCUT2D eigenvalue weighted by Crippen LogP contribution is -2.22. The van der Waals surface area contributed by atoms with Crippen molar-refractivity contribution in [3.05, 3.63) is 66.7 Å². The minimum absolute atomic E-state index is 0.0238. The molecule has 0 aliphatic carbocycles. The third-order valence-corrected chi connectivity index (χ3v) is 7.41. The second kappa shape index (κ2) is 7.28. The first-order valence-electron chi connectivity index (χ1n) is 7.89. The van der Waals surface area contributed by atoms with Gasteiger partial charge in [0, 0.05) is 8.59 Å². The van der Waals surface area contributed by atoms with E-state index in [0.29, 0.717) is 21.5 Å². The van der Waals surface area contributed by atoms with Crippen LogP contribution < -0.4 is 5.56 Å². The number of aryl methyl sites for hydroxylation is 1. The van der Waals surface area contributed by atoms with Crippen molar-refractivity contribution in [1.82, 2.24) is 9.55 Å². The Morgan fingerprint density at radius 1 is 1.23 bits per heavy atom. The molecule has 3 rings (SSSR count). The first kappa shape index (κ1) is 19.3. The van der Waals surface area contributed by atoms with Crippen LogP contribution in [0.2, 0.25) is 5.02 Å². The number of rotatable bonds is 4. The van der Waals surface area contributed by atoms with Crippen LogP contribution in [0.1, 0.15) is 18.1 Å². The molecule has 0 atom stereocenters. The molecule has 0 amide bonds. The molecule has 136 valence electrons. The maximum Gasteiger partial charge on any atom is 0.261 e. The van der Waals surface area contributed by atoms with Crippen molar-refractivity contribution >= 4 is 54.9 Å². The van der Waals surface area contributed by atoms with Crippen LogP contribution in [-0.2, 0) is 16.4 Å². The highest BCUT2D eigenvalue weighted by atomic mass is 127. The Bertz CT molecular complexity index is 1170. The average molecular weight is 503 g/mol. The van der Waals surface area contributed by atoms with Crippen molar-refractivity contribution in [3.63, 3.8) is 0 Å². The summed E-state index contributed by atoms with van der Waals surface area (Å²) < 4.78 is 27.1. The van der Waals surface area contributed by atoms with Crippen LogP contribution in [0.5, 0.6) is 0 Å². The molecule has 1 aromatic heterocycles. The quantitative estimate of drug-likeness (QED) is 0.509. The van der Waals surface area contributed by atoms with Gasteiger partial charge in [-0.3, -0.25) is 9.36 Å². The van der Waals surface area contributed by atoms with Crippen LogP contribution >= 0.6 is 34.2 Å². The van der Waals surface area contributed by atoms with E-state index in [1.54, 1.807) is 25.1 Å². The van der Waals surface area contributed by atoms with E-state index in [1.807, 2.05) is 13.0 Å². The van der Waals surface area contributed by atoms with Crippen molar-refractivity contribution in [3.8, 4) is 0 Å². The van der Waals surface area contributed by atoms with E-state index >= 15 is 0 Å². The number of fused-ring (bicyclic) bond motifs is 1. The summed E-state index contributed by atoms with van der Waals surface area (Å²) in [5.74, 6) is -0.0238. The third-order valence-electron chi connectivity index (χ3n) is 4.18. The summed E-state index contributed by atoms with van der Waals surface area (Å²) in [6.07, 6.45) is 1.44. The molecular formula is C18H16ClIN2O3S. The van der Waals surface area contributed by atoms with Gasteiger partial charge in [-0.15, -0.1) is 0 Å². The van der Waals surface area contributed by atoms with Crippen molar-refractivity contribution < 1.29 is 8.42 Å². The van der Waals surface area contributed by atoms with Crippen LogP contribution in [0.25, 0.3) is 10.9 Å². The summed E-state index contributed by atoms with van der Waals surface area (Å²) in [7, 11) is -3.43. The van der Waals surface area contributed by atoms with Gasteiger partial charge in [-0.2, -0.15) is 0 Å². The molecule has 0 N–H and O–H groups in total. The number of hydrogen-bond donors (Lipinski definition) is 0. The van der Waals surface area contributed by atoms with E-state index in [9.17, 15) is 13.2 Å². The van der Waals surface area contributed by atoms with Crippen molar-refractivity contribution in [2.24, 2.45) is 0 Å². The van der Waals surface area contributed by atoms with Crippen molar-refractivity contribution in [2.75, 3.05) is 5.75 Å². The van der Waals surface area contributed by atoms with Gasteiger partial charge in [0.15, 0.2) is 9.84 Å². The Hall–Kier alpha value is -1.45. The maximum atomic E-state index is 12.8. The van der Waals surface area contributed by atoms with E-state index in [-0.39, 0.29) is 22.8 Å². The van der Waals surface area contributed by atoms with Crippen molar-refractivity contribution in [1.29, 1.82) is 0 Å². The average Bonchev–Trinajstić information content (AvgIpc) is 2.59. The van der Waals surface area contributed by atoms with E-state index in [2.05, 4.69) is 27.6 Å². The molecule has 0 radical (unpaired) electrons. The van der Waals surface area contributed by atoms with E-state index in [0.717, 1.165) is 9.13 Å². The summed E-state index contributed by atoms with van der Waals surface area (Å²) in [6.45, 7) is 3.63. The van der Waals surface area contributed by atoms with Gasteiger partial charge in [-0.25, -0.2) is 13.4 Å². The number of aromatic nitrogens is 2. The topological polar surface area (TPSA) is 69.0 Å². The van der Waals surface area contributed by atoms with Crippen LogP contribution in [0.4, 0.5) is 0 Å². The fourth-order valence-corrected chi connectivity index (χ4v) is 4.48. The number of halogens is 2. The molecule has 0 saturated carbocycles. The van der Waals surface area contributed by atoms with E-state index in [4.69, 9.17) is 11.6 Å². The lowest BCUT2D eigenvalue weighted by Gasteiger charge is -2.12. The van der Waals surface area contributed by atoms with E-state index in [1.165, 1.54) is 17.0 Å². The van der Waals surface area contributed by atoms with Gasteiger partial charge in [0.25, 0.3) is 5.56 Å². The second-order valence-electron chi connectivity index (χ2n) is 5.95. The number of sulfone groups is 1. The van der Waals surface area contributed by atoms with Gasteiger partial charge in [-0.05, 0) is 71.0 Å². The Morgan fingerprint density at radius 3 is 2.65 bits per heavy atom. The van der Waals surface area contributed by atoms with E-state index < -0.39 is 9.84 Å². The fraction of sp³-hybridized carbons (Fsp3) is 0.222. The zero-order chi connectivity index (χ0) is 19.1. The molecule has 2 aromatic carbocycles. The van der Waals surface area contributed by atoms with Gasteiger partial charge in [0.2, 0.25) is 0 Å². The van der Waals surface area contributed by atoms with Gasteiger partial charge in [0.05, 0.1) is 34.4 Å². The smallest absolute Gasteiger partial charge is 0.261 e. The summed E-state index contributed by atoms with van der Waals surface area (Å²) in [6, 6.07) is 8.29. The summed E-state index contributed by atoms with van der Waals surface area (Å²) in [5, 5.41) is 0.923. The molecule has 0 aliphatic rings. The summed E-state index contributed by atoms with van der Waals surface area (Å²) in [5.41, 5.74) is 1.93. The molecule has 0 unspecified atom stereocenters. The number of benzene rings is 2. The largest absolute Gasteiger partial charge is 0.294 e. The molecule has 8 heteroatoms. The number of nitrogens with zero attached hydrogens (tertiary/aromatic N) is 2. The maximum absolute atomic E-state index is 12.8. The SMILES string of the molecule is CCS(=O)(=O)c1ccc(Cl)cc1Cn1cnc2cc(C)c(I)cc2c1=O. The zero-order valence-corrected chi connectivity index (χ0v) is 17.9. The van der Waals surface area contributed by atoms with Crippen molar-refractivity contribution in [2.45, 2.75) is 25.3 Å².